The second kappa shape index (κ2) is 14.7. The lowest BCUT2D eigenvalue weighted by Gasteiger charge is -2.30. The molecule has 0 atom stereocenters. The number of aromatic nitrogens is 2. The molecule has 1 aliphatic heterocycles. The van der Waals surface area contributed by atoms with Crippen molar-refractivity contribution in [2.75, 3.05) is 60.2 Å². The van der Waals surface area contributed by atoms with Gasteiger partial charge >= 0.3 is 0 Å². The van der Waals surface area contributed by atoms with E-state index in [2.05, 4.69) is 25.8 Å². The van der Waals surface area contributed by atoms with Crippen LogP contribution in [0.4, 0.5) is 0 Å². The quantitative estimate of drug-likeness (QED) is 0.212. The van der Waals surface area contributed by atoms with Crippen LogP contribution in [0.25, 0.3) is 22.3 Å². The predicted octanol–water partition coefficient (Wildman–Crippen LogP) is 4.68. The fraction of sp³-hybridized carbons (Fsp3) is 0.375. The normalized spacial score (nSPS) is 14.2. The van der Waals surface area contributed by atoms with Crippen LogP contribution in [-0.2, 0) is 21.3 Å². The average molecular weight is 702 g/mol. The Morgan fingerprint density at radius 2 is 1.76 bits per heavy atom. The molecule has 0 aliphatic carbocycles. The van der Waals surface area contributed by atoms with Crippen LogP contribution < -0.4 is 19.8 Å². The van der Waals surface area contributed by atoms with Crippen LogP contribution >= 0.6 is 15.9 Å². The first-order valence-corrected chi connectivity index (χ1v) is 17.0. The smallest absolute Gasteiger partial charge is 0.262 e. The lowest BCUT2D eigenvalue weighted by atomic mass is 10.1. The van der Waals surface area contributed by atoms with E-state index in [1.807, 2.05) is 37.3 Å². The molecule has 1 fully saturated rings. The number of morpholine rings is 1. The van der Waals surface area contributed by atoms with Crippen LogP contribution in [0.5, 0.6) is 17.2 Å². The summed E-state index contributed by atoms with van der Waals surface area (Å²) in [6.07, 6.45) is 0.730. The molecule has 1 N–H and O–H groups in total. The Bertz CT molecular complexity index is 1800. The highest BCUT2D eigenvalue weighted by Gasteiger charge is 2.28. The summed E-state index contributed by atoms with van der Waals surface area (Å²) < 4.78 is 53.0. The van der Waals surface area contributed by atoms with Gasteiger partial charge in [0.25, 0.3) is 5.56 Å². The predicted molar refractivity (Wildman–Crippen MR) is 176 cm³/mol. The second-order valence-electron chi connectivity index (χ2n) is 10.5. The zero-order chi connectivity index (χ0) is 32.0. The SMILES string of the molecule is CCCOc1ccc(S(=O)(=O)N(CCN2CCOCC2)Cc2ccccc2)cc1-c1nc2c(Br)c(OC)cc(OC)c2c(=O)[nH]1. The van der Waals surface area contributed by atoms with Crippen molar-refractivity contribution in [3.05, 3.63) is 75.0 Å². The summed E-state index contributed by atoms with van der Waals surface area (Å²) in [5.41, 5.74) is 1.06. The van der Waals surface area contributed by atoms with Crippen molar-refractivity contribution >= 4 is 36.9 Å². The maximum atomic E-state index is 14.3. The topological polar surface area (TPSA) is 123 Å². The molecule has 3 aromatic carbocycles. The van der Waals surface area contributed by atoms with Gasteiger partial charge in [-0.1, -0.05) is 37.3 Å². The van der Waals surface area contributed by atoms with E-state index in [4.69, 9.17) is 23.9 Å². The first kappa shape index (κ1) is 32.9. The Morgan fingerprint density at radius 3 is 2.44 bits per heavy atom. The molecule has 45 heavy (non-hydrogen) atoms. The molecule has 0 bridgehead atoms. The van der Waals surface area contributed by atoms with Crippen molar-refractivity contribution in [3.63, 3.8) is 0 Å². The van der Waals surface area contributed by atoms with E-state index >= 15 is 0 Å². The number of H-pyrrole nitrogens is 1. The zero-order valence-electron chi connectivity index (χ0n) is 25.5. The van der Waals surface area contributed by atoms with Crippen molar-refractivity contribution in [2.45, 2.75) is 24.8 Å². The minimum atomic E-state index is -4.00. The molecule has 0 unspecified atom stereocenters. The standard InChI is InChI=1S/C32H37BrN4O7S/c1-4-16-44-25-11-10-23(19-24(25)31-34-30-28(32(38)35-31)26(41-2)20-27(42-3)29(30)33)45(39,40)37(21-22-8-6-5-7-9-22)13-12-36-14-17-43-18-15-36/h5-11,19-20H,4,12-18,21H2,1-3H3,(H,34,35,38). The van der Waals surface area contributed by atoms with Gasteiger partial charge in [0.2, 0.25) is 10.0 Å². The van der Waals surface area contributed by atoms with Crippen molar-refractivity contribution in [1.29, 1.82) is 0 Å². The van der Waals surface area contributed by atoms with Gasteiger partial charge in [0.15, 0.2) is 0 Å². The number of rotatable bonds is 13. The lowest BCUT2D eigenvalue weighted by molar-refractivity contribution is 0.0361. The van der Waals surface area contributed by atoms with E-state index in [0.29, 0.717) is 59.2 Å². The Morgan fingerprint density at radius 1 is 1.02 bits per heavy atom. The highest BCUT2D eigenvalue weighted by atomic mass is 79.9. The van der Waals surface area contributed by atoms with Gasteiger partial charge in [-0.2, -0.15) is 4.31 Å². The van der Waals surface area contributed by atoms with Gasteiger partial charge in [-0.3, -0.25) is 9.69 Å². The minimum Gasteiger partial charge on any atom is -0.496 e. The van der Waals surface area contributed by atoms with E-state index < -0.39 is 15.6 Å². The van der Waals surface area contributed by atoms with Crippen molar-refractivity contribution in [1.82, 2.24) is 19.2 Å². The largest absolute Gasteiger partial charge is 0.496 e. The maximum Gasteiger partial charge on any atom is 0.262 e. The molecule has 1 aliphatic rings. The molecule has 2 heterocycles. The first-order chi connectivity index (χ1) is 21.8. The Labute approximate surface area is 271 Å². The molecule has 0 saturated carbocycles. The number of hydrogen-bond acceptors (Lipinski definition) is 9. The third-order valence-electron chi connectivity index (χ3n) is 7.57. The summed E-state index contributed by atoms with van der Waals surface area (Å²) in [6, 6.07) is 15.8. The molecule has 5 rings (SSSR count). The molecular weight excluding hydrogens is 664 g/mol. The summed E-state index contributed by atoms with van der Waals surface area (Å²) in [5, 5.41) is 0.228. The van der Waals surface area contributed by atoms with Crippen molar-refractivity contribution in [2.24, 2.45) is 0 Å². The van der Waals surface area contributed by atoms with Gasteiger partial charge in [-0.15, -0.1) is 0 Å². The van der Waals surface area contributed by atoms with Gasteiger partial charge in [0, 0.05) is 38.8 Å². The van der Waals surface area contributed by atoms with Gasteiger partial charge in [-0.05, 0) is 46.1 Å². The van der Waals surface area contributed by atoms with E-state index in [0.717, 1.165) is 25.1 Å². The van der Waals surface area contributed by atoms with Crippen LogP contribution in [0.2, 0.25) is 0 Å². The summed E-state index contributed by atoms with van der Waals surface area (Å²) in [5.74, 6) is 1.27. The first-order valence-electron chi connectivity index (χ1n) is 14.7. The number of hydrogen-bond donors (Lipinski definition) is 1. The number of nitrogens with zero attached hydrogens (tertiary/aromatic N) is 3. The fourth-order valence-electron chi connectivity index (χ4n) is 5.16. The van der Waals surface area contributed by atoms with Gasteiger partial charge < -0.3 is 23.9 Å². The molecular formula is C32H37BrN4O7S. The third kappa shape index (κ3) is 7.33. The van der Waals surface area contributed by atoms with Crippen LogP contribution in [-0.4, -0.2) is 87.8 Å². The number of ether oxygens (including phenoxy) is 4. The number of halogens is 1. The summed E-state index contributed by atoms with van der Waals surface area (Å²) in [6.45, 7) is 6.17. The van der Waals surface area contributed by atoms with Gasteiger partial charge in [0.05, 0.1) is 54.5 Å². The molecule has 0 spiro atoms. The third-order valence-corrected chi connectivity index (χ3v) is 10.2. The van der Waals surface area contributed by atoms with Crippen molar-refractivity contribution in [3.8, 4) is 28.6 Å². The summed E-state index contributed by atoms with van der Waals surface area (Å²) in [7, 11) is -1.04. The highest BCUT2D eigenvalue weighted by Crippen LogP contribution is 2.39. The second-order valence-corrected chi connectivity index (χ2v) is 13.2. The Balaban J connectivity index is 1.61. The van der Waals surface area contributed by atoms with Crippen LogP contribution in [0.15, 0.2) is 68.8 Å². The highest BCUT2D eigenvalue weighted by molar-refractivity contribution is 9.10. The molecule has 240 valence electrons. The maximum absolute atomic E-state index is 14.3. The van der Waals surface area contributed by atoms with Gasteiger partial charge in [-0.25, -0.2) is 13.4 Å². The lowest BCUT2D eigenvalue weighted by Crippen LogP contribution is -2.42. The number of benzene rings is 3. The Hall–Kier alpha value is -3.49. The van der Waals surface area contributed by atoms with E-state index in [9.17, 15) is 13.2 Å². The number of methoxy groups -OCH3 is 2. The van der Waals surface area contributed by atoms with Crippen LogP contribution in [0, 0.1) is 0 Å². The molecule has 0 radical (unpaired) electrons. The van der Waals surface area contributed by atoms with Crippen molar-refractivity contribution < 1.29 is 27.4 Å². The van der Waals surface area contributed by atoms with E-state index in [-0.39, 0.29) is 29.2 Å². The fourth-order valence-corrected chi connectivity index (χ4v) is 7.17. The number of fused-ring (bicyclic) bond motifs is 1. The van der Waals surface area contributed by atoms with Crippen LogP contribution in [0.1, 0.15) is 18.9 Å². The minimum absolute atomic E-state index is 0.0595. The number of sulfonamides is 1. The number of nitrogens with one attached hydrogen (secondary N) is 1. The molecule has 11 nitrogen and oxygen atoms in total. The van der Waals surface area contributed by atoms with Crippen LogP contribution in [0.3, 0.4) is 0 Å². The van der Waals surface area contributed by atoms with E-state index in [1.54, 1.807) is 12.1 Å². The number of aromatic amines is 1. The Kier molecular flexibility index (Phi) is 10.8. The molecule has 1 aromatic heterocycles. The summed E-state index contributed by atoms with van der Waals surface area (Å²) >= 11 is 3.51. The molecule has 1 saturated heterocycles. The van der Waals surface area contributed by atoms with E-state index in [1.165, 1.54) is 30.7 Å². The average Bonchev–Trinajstić information content (AvgIpc) is 3.06. The molecule has 4 aromatic rings. The molecule has 0 amide bonds. The molecule has 13 heteroatoms. The summed E-state index contributed by atoms with van der Waals surface area (Å²) in [4.78, 5) is 23.3. The zero-order valence-corrected chi connectivity index (χ0v) is 27.9. The monoisotopic (exact) mass is 700 g/mol. The van der Waals surface area contributed by atoms with Gasteiger partial charge in [0.1, 0.15) is 28.5 Å².